The zero-order chi connectivity index (χ0) is 15.5. The van der Waals surface area contributed by atoms with Crippen LogP contribution in [0.5, 0.6) is 0 Å². The van der Waals surface area contributed by atoms with E-state index in [1.54, 1.807) is 24.3 Å². The lowest BCUT2D eigenvalue weighted by Crippen LogP contribution is -2.40. The van der Waals surface area contributed by atoms with E-state index in [-0.39, 0.29) is 11.8 Å². The number of nitrogens with zero attached hydrogens (tertiary/aromatic N) is 1. The molecule has 21 heavy (non-hydrogen) atoms. The van der Waals surface area contributed by atoms with Gasteiger partial charge >= 0.3 is 0 Å². The third kappa shape index (κ3) is 4.55. The third-order valence-electron chi connectivity index (χ3n) is 4.38. The van der Waals surface area contributed by atoms with E-state index in [4.69, 9.17) is 5.26 Å². The van der Waals surface area contributed by atoms with E-state index < -0.39 is 10.0 Å². The average Bonchev–Trinajstić information content (AvgIpc) is 2.43. The fourth-order valence-corrected chi connectivity index (χ4v) is 4.28. The number of nitrogens with one attached hydrogen (secondary N) is 1. The van der Waals surface area contributed by atoms with Crippen LogP contribution in [0, 0.1) is 23.2 Å². The normalized spacial score (nSPS) is 26.2. The molecule has 0 aromatic heterocycles. The molecule has 0 bridgehead atoms. The van der Waals surface area contributed by atoms with Crippen molar-refractivity contribution in [1.82, 2.24) is 4.72 Å². The van der Waals surface area contributed by atoms with E-state index in [2.05, 4.69) is 18.6 Å². The molecule has 0 spiro atoms. The van der Waals surface area contributed by atoms with Crippen LogP contribution in [-0.4, -0.2) is 14.5 Å². The topological polar surface area (TPSA) is 70.0 Å². The molecule has 0 aliphatic heterocycles. The molecule has 2 rings (SSSR count). The Bertz CT molecular complexity index is 617. The SMILES string of the molecule is CC1CCC(NS(=O)(=O)Cc2ccc(C#N)cc2)CC1C. The number of benzene rings is 1. The minimum Gasteiger partial charge on any atom is -0.212 e. The number of nitriles is 1. The van der Waals surface area contributed by atoms with E-state index >= 15 is 0 Å². The molecule has 1 fully saturated rings. The van der Waals surface area contributed by atoms with Crippen molar-refractivity contribution in [3.05, 3.63) is 35.4 Å². The van der Waals surface area contributed by atoms with E-state index in [0.29, 0.717) is 23.0 Å². The first-order valence-electron chi connectivity index (χ1n) is 7.38. The Balaban J connectivity index is 1.97. The Morgan fingerprint density at radius 2 is 1.86 bits per heavy atom. The van der Waals surface area contributed by atoms with Crippen LogP contribution in [0.3, 0.4) is 0 Å². The second-order valence-electron chi connectivity index (χ2n) is 6.15. The van der Waals surface area contributed by atoms with Crippen molar-refractivity contribution in [3.63, 3.8) is 0 Å². The highest BCUT2D eigenvalue weighted by molar-refractivity contribution is 7.88. The molecule has 1 aliphatic rings. The predicted octanol–water partition coefficient (Wildman–Crippen LogP) is 2.80. The Hall–Kier alpha value is -1.38. The number of rotatable bonds is 4. The second kappa shape index (κ2) is 6.59. The molecule has 1 aromatic carbocycles. The lowest BCUT2D eigenvalue weighted by molar-refractivity contribution is 0.242. The van der Waals surface area contributed by atoms with Crippen molar-refractivity contribution in [2.45, 2.75) is 44.9 Å². The van der Waals surface area contributed by atoms with Gasteiger partial charge in [-0.3, -0.25) is 0 Å². The summed E-state index contributed by atoms with van der Waals surface area (Å²) in [5.74, 6) is 1.20. The highest BCUT2D eigenvalue weighted by atomic mass is 32.2. The average molecular weight is 306 g/mol. The van der Waals surface area contributed by atoms with Gasteiger partial charge in [-0.15, -0.1) is 0 Å². The lowest BCUT2D eigenvalue weighted by Gasteiger charge is -2.32. The van der Waals surface area contributed by atoms with E-state index in [1.807, 2.05) is 6.07 Å². The summed E-state index contributed by atoms with van der Waals surface area (Å²) in [6, 6.07) is 8.77. The Labute approximate surface area is 127 Å². The molecular weight excluding hydrogens is 284 g/mol. The summed E-state index contributed by atoms with van der Waals surface area (Å²) in [5.41, 5.74) is 1.25. The Morgan fingerprint density at radius 3 is 2.43 bits per heavy atom. The molecule has 0 amide bonds. The van der Waals surface area contributed by atoms with Crippen LogP contribution >= 0.6 is 0 Å². The molecule has 1 N–H and O–H groups in total. The summed E-state index contributed by atoms with van der Waals surface area (Å²) >= 11 is 0. The summed E-state index contributed by atoms with van der Waals surface area (Å²) in [5, 5.41) is 8.74. The number of hydrogen-bond acceptors (Lipinski definition) is 3. The Morgan fingerprint density at radius 1 is 1.19 bits per heavy atom. The number of hydrogen-bond donors (Lipinski definition) is 1. The third-order valence-corrected chi connectivity index (χ3v) is 5.79. The van der Waals surface area contributed by atoms with Crippen molar-refractivity contribution < 1.29 is 8.42 Å². The van der Waals surface area contributed by atoms with Gasteiger partial charge in [0.05, 0.1) is 17.4 Å². The summed E-state index contributed by atoms with van der Waals surface area (Å²) in [7, 11) is -3.33. The molecule has 0 heterocycles. The van der Waals surface area contributed by atoms with Crippen LogP contribution in [0.4, 0.5) is 0 Å². The highest BCUT2D eigenvalue weighted by Crippen LogP contribution is 2.29. The smallest absolute Gasteiger partial charge is 0.212 e. The van der Waals surface area contributed by atoms with Crippen LogP contribution in [0.2, 0.25) is 0 Å². The molecule has 0 saturated heterocycles. The van der Waals surface area contributed by atoms with Gasteiger partial charge in [-0.2, -0.15) is 5.26 Å². The molecule has 1 saturated carbocycles. The fourth-order valence-electron chi connectivity index (χ4n) is 2.85. The van der Waals surface area contributed by atoms with E-state index in [0.717, 1.165) is 19.3 Å². The first-order valence-corrected chi connectivity index (χ1v) is 9.04. The molecule has 1 aromatic rings. The predicted molar refractivity (Wildman–Crippen MR) is 82.9 cm³/mol. The zero-order valence-corrected chi connectivity index (χ0v) is 13.4. The van der Waals surface area contributed by atoms with Crippen molar-refractivity contribution in [2.75, 3.05) is 0 Å². The summed E-state index contributed by atoms with van der Waals surface area (Å²) in [6.45, 7) is 4.41. The first-order chi connectivity index (χ1) is 9.89. The van der Waals surface area contributed by atoms with Gasteiger partial charge < -0.3 is 0 Å². The van der Waals surface area contributed by atoms with Crippen LogP contribution in [0.25, 0.3) is 0 Å². The van der Waals surface area contributed by atoms with Crippen LogP contribution in [0.1, 0.15) is 44.2 Å². The van der Waals surface area contributed by atoms with Gasteiger partial charge in [0.2, 0.25) is 10.0 Å². The van der Waals surface area contributed by atoms with Crippen LogP contribution < -0.4 is 4.72 Å². The minimum absolute atomic E-state index is 0.0286. The maximum atomic E-state index is 12.2. The first kappa shape index (κ1) is 16.0. The zero-order valence-electron chi connectivity index (χ0n) is 12.5. The molecule has 3 unspecified atom stereocenters. The van der Waals surface area contributed by atoms with Crippen molar-refractivity contribution in [2.24, 2.45) is 11.8 Å². The van der Waals surface area contributed by atoms with Crippen molar-refractivity contribution in [1.29, 1.82) is 5.26 Å². The lowest BCUT2D eigenvalue weighted by atomic mass is 9.79. The van der Waals surface area contributed by atoms with Gasteiger partial charge in [-0.1, -0.05) is 26.0 Å². The molecule has 5 heteroatoms. The van der Waals surface area contributed by atoms with Gasteiger partial charge in [-0.05, 0) is 48.8 Å². The van der Waals surface area contributed by atoms with Crippen LogP contribution in [-0.2, 0) is 15.8 Å². The van der Waals surface area contributed by atoms with Gasteiger partial charge in [0.25, 0.3) is 0 Å². The molecule has 1 aliphatic carbocycles. The summed E-state index contributed by atoms with van der Waals surface area (Å²) < 4.78 is 27.3. The van der Waals surface area contributed by atoms with Crippen molar-refractivity contribution in [3.8, 4) is 6.07 Å². The standard InChI is InChI=1S/C16H22N2O2S/c1-12-3-8-16(9-13(12)2)18-21(19,20)11-15-6-4-14(10-17)5-7-15/h4-7,12-13,16,18H,3,8-9,11H2,1-2H3. The van der Waals surface area contributed by atoms with Crippen LogP contribution in [0.15, 0.2) is 24.3 Å². The fraction of sp³-hybridized carbons (Fsp3) is 0.562. The monoisotopic (exact) mass is 306 g/mol. The molecule has 3 atom stereocenters. The molecule has 0 radical (unpaired) electrons. The quantitative estimate of drug-likeness (QED) is 0.930. The minimum atomic E-state index is -3.33. The highest BCUT2D eigenvalue weighted by Gasteiger charge is 2.27. The molecule has 114 valence electrons. The Kier molecular flexibility index (Phi) is 5.02. The van der Waals surface area contributed by atoms with E-state index in [9.17, 15) is 8.42 Å². The maximum absolute atomic E-state index is 12.2. The molecular formula is C16H22N2O2S. The van der Waals surface area contributed by atoms with E-state index in [1.165, 1.54) is 0 Å². The van der Waals surface area contributed by atoms with Gasteiger partial charge in [0, 0.05) is 6.04 Å². The van der Waals surface area contributed by atoms with Crippen molar-refractivity contribution >= 4 is 10.0 Å². The summed E-state index contributed by atoms with van der Waals surface area (Å²) in [6.07, 6.45) is 2.90. The maximum Gasteiger partial charge on any atom is 0.216 e. The number of sulfonamides is 1. The largest absolute Gasteiger partial charge is 0.216 e. The van der Waals surface area contributed by atoms with Gasteiger partial charge in [-0.25, -0.2) is 13.1 Å². The van der Waals surface area contributed by atoms with Gasteiger partial charge in [0.15, 0.2) is 0 Å². The summed E-state index contributed by atoms with van der Waals surface area (Å²) in [4.78, 5) is 0. The van der Waals surface area contributed by atoms with Gasteiger partial charge in [0.1, 0.15) is 0 Å². The second-order valence-corrected chi connectivity index (χ2v) is 7.90. The molecule has 4 nitrogen and oxygen atoms in total.